The number of hydrogen-bond donors (Lipinski definition) is 2. The van der Waals surface area contributed by atoms with E-state index >= 15 is 0 Å². The van der Waals surface area contributed by atoms with Crippen LogP contribution in [0.2, 0.25) is 0 Å². The predicted molar refractivity (Wildman–Crippen MR) is 64.8 cm³/mol. The number of aliphatic hydroxyl groups excluding tert-OH is 1. The van der Waals surface area contributed by atoms with Gasteiger partial charge in [0.15, 0.2) is 11.2 Å². The van der Waals surface area contributed by atoms with E-state index in [-0.39, 0.29) is 28.8 Å². The molecule has 0 amide bonds. The molecular weight excluding hydrogens is 259 g/mol. The van der Waals surface area contributed by atoms with Crippen molar-refractivity contribution in [2.45, 2.75) is 10.6 Å². The summed E-state index contributed by atoms with van der Waals surface area (Å²) in [5.74, 6) is -0.361. The molecule has 0 spiro atoms. The lowest BCUT2D eigenvalue weighted by Gasteiger charge is -2.12. The van der Waals surface area contributed by atoms with Crippen molar-refractivity contribution in [2.75, 3.05) is 6.61 Å². The Labute approximate surface area is 105 Å². The van der Waals surface area contributed by atoms with E-state index in [4.69, 9.17) is 5.11 Å². The highest BCUT2D eigenvalue weighted by Gasteiger charge is 2.30. The van der Waals surface area contributed by atoms with Crippen molar-refractivity contribution in [1.29, 1.82) is 0 Å². The van der Waals surface area contributed by atoms with Gasteiger partial charge in [0.25, 0.3) is 5.56 Å². The summed E-state index contributed by atoms with van der Waals surface area (Å²) in [5.41, 5.74) is 0.154. The molecule has 0 radical (unpaired) electrons. The zero-order valence-corrected chi connectivity index (χ0v) is 9.89. The number of hydrogen-bond acceptors (Lipinski definition) is 5. The first-order chi connectivity index (χ1) is 8.70. The summed E-state index contributed by atoms with van der Waals surface area (Å²) >= 11 is 1.25. The zero-order valence-electron chi connectivity index (χ0n) is 9.08. The highest BCUT2D eigenvalue weighted by atomic mass is 32.2. The van der Waals surface area contributed by atoms with E-state index in [1.807, 2.05) is 0 Å². The largest absolute Gasteiger partial charge is 0.395 e. The van der Waals surface area contributed by atoms with Crippen LogP contribution in [-0.2, 0) is 0 Å². The lowest BCUT2D eigenvalue weighted by atomic mass is 10.3. The Morgan fingerprint density at radius 3 is 3.11 bits per heavy atom. The van der Waals surface area contributed by atoms with Gasteiger partial charge in [0.2, 0.25) is 0 Å². The Bertz CT molecular complexity index is 680. The minimum absolute atomic E-state index is 0.130. The first-order valence-electron chi connectivity index (χ1n) is 5.24. The summed E-state index contributed by atoms with van der Waals surface area (Å²) in [6.45, 7) is -0.130. The minimum Gasteiger partial charge on any atom is -0.395 e. The third-order valence-electron chi connectivity index (χ3n) is 2.68. The maximum Gasteiger partial charge on any atom is 0.278 e. The van der Waals surface area contributed by atoms with E-state index in [1.54, 1.807) is 0 Å². The number of imidazole rings is 1. The molecule has 2 aromatic heterocycles. The van der Waals surface area contributed by atoms with Gasteiger partial charge in [-0.15, -0.1) is 11.8 Å². The number of rotatable bonds is 2. The van der Waals surface area contributed by atoms with E-state index in [9.17, 15) is 9.18 Å². The maximum absolute atomic E-state index is 13.8. The van der Waals surface area contributed by atoms with Gasteiger partial charge in [-0.25, -0.2) is 14.4 Å². The van der Waals surface area contributed by atoms with Crippen molar-refractivity contribution in [3.63, 3.8) is 0 Å². The SMILES string of the molecule is O=c1[nH]cnc2c1ncn2[C@H]1S[C@@H](CO)C=C1F. The van der Waals surface area contributed by atoms with Crippen molar-refractivity contribution < 1.29 is 9.50 Å². The van der Waals surface area contributed by atoms with Crippen LogP contribution in [0.4, 0.5) is 4.39 Å². The van der Waals surface area contributed by atoms with E-state index in [2.05, 4.69) is 15.0 Å². The van der Waals surface area contributed by atoms with Crippen molar-refractivity contribution in [1.82, 2.24) is 19.5 Å². The Kier molecular flexibility index (Phi) is 2.67. The molecular formula is C10H9FN4O2S. The lowest BCUT2D eigenvalue weighted by Crippen LogP contribution is -2.09. The van der Waals surface area contributed by atoms with Gasteiger partial charge < -0.3 is 10.1 Å². The van der Waals surface area contributed by atoms with E-state index in [1.165, 1.54) is 35.1 Å². The Morgan fingerprint density at radius 2 is 2.39 bits per heavy atom. The van der Waals surface area contributed by atoms with Crippen molar-refractivity contribution in [3.8, 4) is 0 Å². The molecule has 3 rings (SSSR count). The fourth-order valence-electron chi connectivity index (χ4n) is 1.86. The Hall–Kier alpha value is -1.67. The van der Waals surface area contributed by atoms with Crippen LogP contribution < -0.4 is 5.56 Å². The number of aromatic nitrogens is 4. The van der Waals surface area contributed by atoms with Crippen LogP contribution >= 0.6 is 11.8 Å². The lowest BCUT2D eigenvalue weighted by molar-refractivity contribution is 0.307. The molecule has 94 valence electrons. The van der Waals surface area contributed by atoms with Crippen LogP contribution in [0, 0.1) is 0 Å². The number of aromatic amines is 1. The average Bonchev–Trinajstić information content (AvgIpc) is 2.93. The highest BCUT2D eigenvalue weighted by Crippen LogP contribution is 2.42. The van der Waals surface area contributed by atoms with Crippen LogP contribution in [0.15, 0.2) is 29.4 Å². The van der Waals surface area contributed by atoms with Crippen LogP contribution in [0.3, 0.4) is 0 Å². The quantitative estimate of drug-likeness (QED) is 0.832. The van der Waals surface area contributed by atoms with Crippen LogP contribution in [-0.4, -0.2) is 36.5 Å². The number of nitrogens with one attached hydrogen (secondary N) is 1. The molecule has 6 nitrogen and oxygen atoms in total. The third-order valence-corrected chi connectivity index (χ3v) is 4.03. The number of H-pyrrole nitrogens is 1. The van der Waals surface area contributed by atoms with Crippen LogP contribution in [0.1, 0.15) is 5.37 Å². The van der Waals surface area contributed by atoms with Crippen molar-refractivity contribution in [2.24, 2.45) is 0 Å². The monoisotopic (exact) mass is 268 g/mol. The topological polar surface area (TPSA) is 83.8 Å². The Balaban J connectivity index is 2.09. The summed E-state index contributed by atoms with van der Waals surface area (Å²) in [5, 5.41) is 8.12. The summed E-state index contributed by atoms with van der Waals surface area (Å²) in [6.07, 6.45) is 4.01. The molecule has 1 aliphatic heterocycles. The normalized spacial score (nSPS) is 23.6. The van der Waals surface area contributed by atoms with Gasteiger partial charge in [-0.3, -0.25) is 9.36 Å². The molecule has 8 heteroatoms. The maximum atomic E-state index is 13.8. The first kappa shape index (κ1) is 11.4. The van der Waals surface area contributed by atoms with Gasteiger partial charge in [0.05, 0.1) is 24.5 Å². The van der Waals surface area contributed by atoms with Gasteiger partial charge in [-0.1, -0.05) is 0 Å². The number of aliphatic hydroxyl groups is 1. The predicted octanol–water partition coefficient (Wildman–Crippen LogP) is 0.579. The van der Waals surface area contributed by atoms with Crippen molar-refractivity contribution >= 4 is 22.9 Å². The van der Waals surface area contributed by atoms with E-state index in [0.717, 1.165) is 0 Å². The molecule has 2 N–H and O–H groups in total. The first-order valence-corrected chi connectivity index (χ1v) is 6.18. The van der Waals surface area contributed by atoms with Gasteiger partial charge in [-0.05, 0) is 6.08 Å². The molecule has 1 aliphatic rings. The number of halogens is 1. The van der Waals surface area contributed by atoms with Gasteiger partial charge in [-0.2, -0.15) is 0 Å². The van der Waals surface area contributed by atoms with Gasteiger partial charge in [0, 0.05) is 0 Å². The summed E-state index contributed by atoms with van der Waals surface area (Å²) in [4.78, 5) is 21.8. The third kappa shape index (κ3) is 1.65. The smallest absolute Gasteiger partial charge is 0.278 e. The summed E-state index contributed by atoms with van der Waals surface area (Å²) in [7, 11) is 0. The second-order valence-corrected chi connectivity index (χ2v) is 5.14. The molecule has 0 aliphatic carbocycles. The Morgan fingerprint density at radius 1 is 1.56 bits per heavy atom. The van der Waals surface area contributed by atoms with Crippen LogP contribution in [0.5, 0.6) is 0 Å². The zero-order chi connectivity index (χ0) is 12.7. The molecule has 0 saturated heterocycles. The molecule has 3 heterocycles. The minimum atomic E-state index is -0.624. The molecule has 0 bridgehead atoms. The van der Waals surface area contributed by atoms with Gasteiger partial charge >= 0.3 is 0 Å². The highest BCUT2D eigenvalue weighted by molar-refractivity contribution is 8.00. The summed E-state index contributed by atoms with van der Waals surface area (Å²) < 4.78 is 15.3. The molecule has 18 heavy (non-hydrogen) atoms. The fraction of sp³-hybridized carbons (Fsp3) is 0.300. The molecule has 0 saturated carbocycles. The molecule has 2 atom stereocenters. The average molecular weight is 268 g/mol. The molecule has 0 fully saturated rings. The molecule has 0 unspecified atom stereocenters. The number of thioether (sulfide) groups is 1. The number of nitrogens with zero attached hydrogens (tertiary/aromatic N) is 3. The van der Waals surface area contributed by atoms with Gasteiger partial charge in [0.1, 0.15) is 11.2 Å². The second-order valence-electron chi connectivity index (χ2n) is 3.82. The van der Waals surface area contributed by atoms with Crippen LogP contribution in [0.25, 0.3) is 11.2 Å². The second kappa shape index (κ2) is 4.21. The summed E-state index contributed by atoms with van der Waals surface area (Å²) in [6, 6.07) is 0. The van der Waals surface area contributed by atoms with E-state index in [0.29, 0.717) is 5.65 Å². The van der Waals surface area contributed by atoms with Crippen molar-refractivity contribution in [3.05, 3.63) is 34.9 Å². The molecule has 2 aromatic rings. The fourth-order valence-corrected chi connectivity index (χ4v) is 2.98. The standard InChI is InChI=1S/C10H9FN4O2S/c11-6-1-5(2-16)18-10(6)15-4-14-7-8(15)12-3-13-9(7)17/h1,3-5,10,16H,2H2,(H,12,13,17)/t5-,10+/m1/s1. The number of fused-ring (bicyclic) bond motifs is 1. The molecule has 0 aromatic carbocycles. The van der Waals surface area contributed by atoms with E-state index < -0.39 is 5.37 Å².